The number of amides is 1. The van der Waals surface area contributed by atoms with E-state index in [1.165, 1.54) is 0 Å². The Labute approximate surface area is 134 Å². The molecule has 3 aromatic rings. The summed E-state index contributed by atoms with van der Waals surface area (Å²) in [4.78, 5) is 16.5. The minimum absolute atomic E-state index is 0.0275. The van der Waals surface area contributed by atoms with Gasteiger partial charge in [-0.2, -0.15) is 5.10 Å². The van der Waals surface area contributed by atoms with Crippen LogP contribution in [-0.2, 0) is 4.79 Å². The van der Waals surface area contributed by atoms with Gasteiger partial charge in [-0.05, 0) is 12.1 Å². The van der Waals surface area contributed by atoms with Gasteiger partial charge in [0.05, 0.1) is 5.69 Å². The fourth-order valence-corrected chi connectivity index (χ4v) is 2.17. The fourth-order valence-electron chi connectivity index (χ4n) is 2.17. The molecule has 2 N–H and O–H groups in total. The summed E-state index contributed by atoms with van der Waals surface area (Å²) in [5.41, 5.74) is 2.48. The van der Waals surface area contributed by atoms with Crippen molar-refractivity contribution in [3.05, 3.63) is 54.6 Å². The summed E-state index contributed by atoms with van der Waals surface area (Å²) < 4.78 is 0. The lowest BCUT2D eigenvalue weighted by Gasteiger charge is -2.10. The predicted octanol–water partition coefficient (Wildman–Crippen LogP) is 3.73. The summed E-state index contributed by atoms with van der Waals surface area (Å²) >= 11 is 0. The van der Waals surface area contributed by atoms with E-state index >= 15 is 0 Å². The van der Waals surface area contributed by atoms with Crippen molar-refractivity contribution in [1.82, 2.24) is 15.2 Å². The Balaban J connectivity index is 1.94. The molecule has 0 spiro atoms. The van der Waals surface area contributed by atoms with Crippen LogP contribution in [-0.4, -0.2) is 21.1 Å². The van der Waals surface area contributed by atoms with Crippen LogP contribution < -0.4 is 5.32 Å². The van der Waals surface area contributed by atoms with Gasteiger partial charge in [-0.25, -0.2) is 4.98 Å². The van der Waals surface area contributed by atoms with Crippen LogP contribution in [0.15, 0.2) is 54.6 Å². The predicted molar refractivity (Wildman–Crippen MR) is 90.7 cm³/mol. The number of hydrogen-bond donors (Lipinski definition) is 2. The molecule has 0 saturated heterocycles. The average molecular weight is 306 g/mol. The van der Waals surface area contributed by atoms with Gasteiger partial charge in [0.15, 0.2) is 11.6 Å². The zero-order valence-corrected chi connectivity index (χ0v) is 13.1. The van der Waals surface area contributed by atoms with Crippen molar-refractivity contribution in [2.75, 3.05) is 5.32 Å². The number of aromatic nitrogens is 3. The van der Waals surface area contributed by atoms with Crippen LogP contribution in [0.1, 0.15) is 13.8 Å². The maximum Gasteiger partial charge on any atom is 0.226 e. The molecule has 5 nitrogen and oxygen atoms in total. The molecule has 0 saturated carbocycles. The van der Waals surface area contributed by atoms with E-state index < -0.39 is 0 Å². The Kier molecular flexibility index (Phi) is 4.19. The van der Waals surface area contributed by atoms with E-state index in [0.29, 0.717) is 11.6 Å². The number of nitrogens with zero attached hydrogens (tertiary/aromatic N) is 2. The van der Waals surface area contributed by atoms with E-state index in [4.69, 9.17) is 0 Å². The molecule has 1 amide bonds. The average Bonchev–Trinajstić information content (AvgIpc) is 3.06. The first-order valence-electron chi connectivity index (χ1n) is 7.53. The molecule has 2 aromatic carbocycles. The standard InChI is InChI=1S/C18H18N4O/c1-12(2)18(23)19-15-11-7-6-10-14(15)17-20-16(21-22-17)13-8-4-3-5-9-13/h3-12H,1-2H3,(H,19,23)(H,20,21,22). The highest BCUT2D eigenvalue weighted by Gasteiger charge is 2.14. The smallest absolute Gasteiger partial charge is 0.226 e. The molecule has 23 heavy (non-hydrogen) atoms. The van der Waals surface area contributed by atoms with Gasteiger partial charge in [0.25, 0.3) is 0 Å². The Hall–Kier alpha value is -2.95. The first kappa shape index (κ1) is 15.0. The summed E-state index contributed by atoms with van der Waals surface area (Å²) in [7, 11) is 0. The third kappa shape index (κ3) is 3.29. The highest BCUT2D eigenvalue weighted by atomic mass is 16.1. The molecule has 0 unspecified atom stereocenters. The van der Waals surface area contributed by atoms with E-state index in [-0.39, 0.29) is 11.8 Å². The number of rotatable bonds is 4. The number of carbonyl (C=O) groups excluding carboxylic acids is 1. The van der Waals surface area contributed by atoms with Crippen LogP contribution in [0.3, 0.4) is 0 Å². The van der Waals surface area contributed by atoms with Crippen LogP contribution >= 0.6 is 0 Å². The summed E-state index contributed by atoms with van der Waals surface area (Å²) in [6, 6.07) is 17.3. The SMILES string of the molecule is CC(C)C(=O)Nc1ccccc1-c1nc(-c2ccccc2)n[nH]1. The van der Waals surface area contributed by atoms with Gasteiger partial charge in [0, 0.05) is 17.0 Å². The largest absolute Gasteiger partial charge is 0.325 e. The maximum atomic E-state index is 12.0. The maximum absolute atomic E-state index is 12.0. The second kappa shape index (κ2) is 6.44. The van der Waals surface area contributed by atoms with Crippen LogP contribution in [0.5, 0.6) is 0 Å². The molecule has 3 rings (SSSR count). The van der Waals surface area contributed by atoms with Crippen LogP contribution in [0.25, 0.3) is 22.8 Å². The first-order valence-corrected chi connectivity index (χ1v) is 7.53. The normalized spacial score (nSPS) is 10.7. The molecule has 0 atom stereocenters. The van der Waals surface area contributed by atoms with E-state index in [2.05, 4.69) is 20.5 Å². The number of aromatic amines is 1. The first-order chi connectivity index (χ1) is 11.1. The monoisotopic (exact) mass is 306 g/mol. The van der Waals surface area contributed by atoms with Gasteiger partial charge in [-0.15, -0.1) is 0 Å². The lowest BCUT2D eigenvalue weighted by Crippen LogP contribution is -2.18. The van der Waals surface area contributed by atoms with Gasteiger partial charge in [-0.1, -0.05) is 56.3 Å². The Morgan fingerprint density at radius 3 is 2.48 bits per heavy atom. The molecule has 1 aromatic heterocycles. The van der Waals surface area contributed by atoms with Gasteiger partial charge in [0.1, 0.15) is 0 Å². The minimum atomic E-state index is -0.0855. The molecular formula is C18H18N4O. The third-order valence-corrected chi connectivity index (χ3v) is 3.48. The zero-order valence-electron chi connectivity index (χ0n) is 13.1. The van der Waals surface area contributed by atoms with Gasteiger partial charge in [0.2, 0.25) is 5.91 Å². The summed E-state index contributed by atoms with van der Waals surface area (Å²) in [6.07, 6.45) is 0. The van der Waals surface area contributed by atoms with Crippen molar-refractivity contribution < 1.29 is 4.79 Å². The molecule has 0 aliphatic heterocycles. The number of carbonyl (C=O) groups is 1. The number of nitrogens with one attached hydrogen (secondary N) is 2. The number of anilines is 1. The summed E-state index contributed by atoms with van der Waals surface area (Å²) in [5.74, 6) is 1.15. The van der Waals surface area contributed by atoms with Gasteiger partial charge in [-0.3, -0.25) is 9.89 Å². The second-order valence-electron chi connectivity index (χ2n) is 5.56. The van der Waals surface area contributed by atoms with Crippen LogP contribution in [0, 0.1) is 5.92 Å². The summed E-state index contributed by atoms with van der Waals surface area (Å²) in [5, 5.41) is 10.2. The highest BCUT2D eigenvalue weighted by Crippen LogP contribution is 2.27. The molecule has 0 aliphatic rings. The van der Waals surface area contributed by atoms with Crippen molar-refractivity contribution in [1.29, 1.82) is 0 Å². The van der Waals surface area contributed by atoms with Crippen LogP contribution in [0.4, 0.5) is 5.69 Å². The number of H-pyrrole nitrogens is 1. The fraction of sp³-hybridized carbons (Fsp3) is 0.167. The van der Waals surface area contributed by atoms with Crippen molar-refractivity contribution in [3.8, 4) is 22.8 Å². The molecule has 0 bridgehead atoms. The molecular weight excluding hydrogens is 288 g/mol. The highest BCUT2D eigenvalue weighted by molar-refractivity contribution is 5.95. The lowest BCUT2D eigenvalue weighted by molar-refractivity contribution is -0.118. The van der Waals surface area contributed by atoms with Crippen molar-refractivity contribution >= 4 is 11.6 Å². The Morgan fingerprint density at radius 2 is 1.74 bits per heavy atom. The molecule has 1 heterocycles. The molecule has 0 aliphatic carbocycles. The Bertz CT molecular complexity index is 809. The number of para-hydroxylation sites is 1. The van der Waals surface area contributed by atoms with E-state index in [9.17, 15) is 4.79 Å². The Morgan fingerprint density at radius 1 is 1.04 bits per heavy atom. The molecule has 0 fully saturated rings. The van der Waals surface area contributed by atoms with Crippen molar-refractivity contribution in [2.45, 2.75) is 13.8 Å². The number of hydrogen-bond acceptors (Lipinski definition) is 3. The van der Waals surface area contributed by atoms with Crippen molar-refractivity contribution in [3.63, 3.8) is 0 Å². The van der Waals surface area contributed by atoms with Crippen molar-refractivity contribution in [2.24, 2.45) is 5.92 Å². The van der Waals surface area contributed by atoms with Gasteiger partial charge < -0.3 is 5.32 Å². The quantitative estimate of drug-likeness (QED) is 0.771. The van der Waals surface area contributed by atoms with Crippen LogP contribution in [0.2, 0.25) is 0 Å². The lowest BCUT2D eigenvalue weighted by atomic mass is 10.1. The number of benzene rings is 2. The van der Waals surface area contributed by atoms with E-state index in [1.807, 2.05) is 68.4 Å². The van der Waals surface area contributed by atoms with E-state index in [1.54, 1.807) is 0 Å². The van der Waals surface area contributed by atoms with Gasteiger partial charge >= 0.3 is 0 Å². The molecule has 116 valence electrons. The topological polar surface area (TPSA) is 70.7 Å². The minimum Gasteiger partial charge on any atom is -0.325 e. The summed E-state index contributed by atoms with van der Waals surface area (Å²) in [6.45, 7) is 3.72. The molecule has 0 radical (unpaired) electrons. The third-order valence-electron chi connectivity index (χ3n) is 3.48. The van der Waals surface area contributed by atoms with E-state index in [0.717, 1.165) is 16.8 Å². The zero-order chi connectivity index (χ0) is 16.2. The second-order valence-corrected chi connectivity index (χ2v) is 5.56. The molecule has 5 heteroatoms.